The smallest absolute Gasteiger partial charge is 0.141 e. The van der Waals surface area contributed by atoms with Gasteiger partial charge < -0.3 is 10.8 Å². The predicted octanol–water partition coefficient (Wildman–Crippen LogP) is 3.43. The molecule has 2 aromatic rings. The van der Waals surface area contributed by atoms with E-state index in [1.807, 2.05) is 0 Å². The van der Waals surface area contributed by atoms with Crippen molar-refractivity contribution in [2.45, 2.75) is 0 Å². The van der Waals surface area contributed by atoms with Crippen molar-refractivity contribution in [2.24, 2.45) is 0 Å². The molecule has 0 heterocycles. The summed E-state index contributed by atoms with van der Waals surface area (Å²) in [4.78, 5) is 0. The van der Waals surface area contributed by atoms with E-state index in [0.29, 0.717) is 5.69 Å². The van der Waals surface area contributed by atoms with Crippen molar-refractivity contribution < 1.29 is 9.50 Å². The van der Waals surface area contributed by atoms with Crippen LogP contribution in [-0.4, -0.2) is 5.11 Å². The van der Waals surface area contributed by atoms with Crippen molar-refractivity contribution in [3.63, 3.8) is 0 Å². The Morgan fingerprint density at radius 3 is 2.31 bits per heavy atom. The van der Waals surface area contributed by atoms with Crippen LogP contribution in [0.4, 0.5) is 10.1 Å². The lowest BCUT2D eigenvalue weighted by Gasteiger charge is -2.05. The summed E-state index contributed by atoms with van der Waals surface area (Å²) < 4.78 is 13.0. The van der Waals surface area contributed by atoms with Crippen LogP contribution in [0.25, 0.3) is 11.1 Å². The summed E-state index contributed by atoms with van der Waals surface area (Å²) >= 11 is 5.67. The SMILES string of the molecule is Nc1ccc(-c2ccc(F)c(Cl)c2)cc1O. The molecule has 4 heteroatoms. The monoisotopic (exact) mass is 237 g/mol. The first-order chi connectivity index (χ1) is 7.58. The summed E-state index contributed by atoms with van der Waals surface area (Å²) in [7, 11) is 0. The van der Waals surface area contributed by atoms with Gasteiger partial charge in [-0.15, -0.1) is 0 Å². The third kappa shape index (κ3) is 1.95. The molecule has 0 aromatic heterocycles. The molecular weight excluding hydrogens is 229 g/mol. The van der Waals surface area contributed by atoms with Crippen LogP contribution < -0.4 is 5.73 Å². The Morgan fingerprint density at radius 1 is 1.06 bits per heavy atom. The van der Waals surface area contributed by atoms with Crippen molar-refractivity contribution >= 4 is 17.3 Å². The zero-order valence-corrected chi connectivity index (χ0v) is 9.00. The van der Waals surface area contributed by atoms with Crippen molar-refractivity contribution in [3.05, 3.63) is 47.2 Å². The Balaban J connectivity index is 2.50. The van der Waals surface area contributed by atoms with Gasteiger partial charge in [0.2, 0.25) is 0 Å². The molecular formula is C12H9ClFNO. The molecule has 0 unspecified atom stereocenters. The molecule has 3 N–H and O–H groups in total. The van der Waals surface area contributed by atoms with Crippen molar-refractivity contribution in [3.8, 4) is 16.9 Å². The minimum Gasteiger partial charge on any atom is -0.506 e. The van der Waals surface area contributed by atoms with Crippen LogP contribution >= 0.6 is 11.6 Å². The predicted molar refractivity (Wildman–Crippen MR) is 62.9 cm³/mol. The molecule has 0 radical (unpaired) electrons. The fraction of sp³-hybridized carbons (Fsp3) is 0. The summed E-state index contributed by atoms with van der Waals surface area (Å²) in [5.41, 5.74) is 7.24. The van der Waals surface area contributed by atoms with Crippen LogP contribution in [0.1, 0.15) is 0 Å². The molecule has 0 amide bonds. The van der Waals surface area contributed by atoms with E-state index in [1.165, 1.54) is 18.2 Å². The van der Waals surface area contributed by atoms with Gasteiger partial charge in [-0.05, 0) is 35.4 Å². The van der Waals surface area contributed by atoms with Gasteiger partial charge in [-0.25, -0.2) is 4.39 Å². The van der Waals surface area contributed by atoms with Crippen molar-refractivity contribution in [1.29, 1.82) is 0 Å². The van der Waals surface area contributed by atoms with Crippen LogP contribution in [0, 0.1) is 5.82 Å². The van der Waals surface area contributed by atoms with E-state index < -0.39 is 5.82 Å². The number of nitrogens with two attached hydrogens (primary N) is 1. The lowest BCUT2D eigenvalue weighted by atomic mass is 10.0. The average Bonchev–Trinajstić information content (AvgIpc) is 2.26. The number of hydrogen-bond donors (Lipinski definition) is 2. The van der Waals surface area contributed by atoms with Crippen molar-refractivity contribution in [2.75, 3.05) is 5.73 Å². The number of phenols is 1. The molecule has 82 valence electrons. The molecule has 0 aliphatic rings. The number of anilines is 1. The van der Waals surface area contributed by atoms with Crippen LogP contribution in [0.2, 0.25) is 5.02 Å². The van der Waals surface area contributed by atoms with E-state index in [4.69, 9.17) is 17.3 Å². The number of benzene rings is 2. The summed E-state index contributed by atoms with van der Waals surface area (Å²) in [6.07, 6.45) is 0. The fourth-order valence-electron chi connectivity index (χ4n) is 1.40. The van der Waals surface area contributed by atoms with Gasteiger partial charge in [-0.3, -0.25) is 0 Å². The summed E-state index contributed by atoms with van der Waals surface area (Å²) in [6, 6.07) is 9.21. The van der Waals surface area contributed by atoms with E-state index in [9.17, 15) is 9.50 Å². The zero-order chi connectivity index (χ0) is 11.7. The Bertz CT molecular complexity index is 493. The molecule has 0 saturated heterocycles. The minimum atomic E-state index is -0.468. The number of rotatable bonds is 1. The highest BCUT2D eigenvalue weighted by molar-refractivity contribution is 6.31. The number of aromatic hydroxyl groups is 1. The lowest BCUT2D eigenvalue weighted by molar-refractivity contribution is 0.478. The molecule has 0 atom stereocenters. The molecule has 2 rings (SSSR count). The van der Waals surface area contributed by atoms with Gasteiger partial charge in [0.15, 0.2) is 0 Å². The summed E-state index contributed by atoms with van der Waals surface area (Å²) in [5.74, 6) is -0.469. The number of halogens is 2. The Hall–Kier alpha value is -1.74. The van der Waals surface area contributed by atoms with Crippen molar-refractivity contribution in [1.82, 2.24) is 0 Å². The third-order valence-corrected chi connectivity index (χ3v) is 2.57. The van der Waals surface area contributed by atoms with E-state index in [0.717, 1.165) is 11.1 Å². The molecule has 0 saturated carbocycles. The fourth-order valence-corrected chi connectivity index (χ4v) is 1.58. The van der Waals surface area contributed by atoms with Gasteiger partial charge >= 0.3 is 0 Å². The molecule has 2 nitrogen and oxygen atoms in total. The Labute approximate surface area is 97.1 Å². The van der Waals surface area contributed by atoms with E-state index in [2.05, 4.69) is 0 Å². The normalized spacial score (nSPS) is 10.4. The van der Waals surface area contributed by atoms with Crippen LogP contribution in [0.15, 0.2) is 36.4 Å². The van der Waals surface area contributed by atoms with Crippen LogP contribution in [0.3, 0.4) is 0 Å². The largest absolute Gasteiger partial charge is 0.506 e. The average molecular weight is 238 g/mol. The lowest BCUT2D eigenvalue weighted by Crippen LogP contribution is -1.86. The summed E-state index contributed by atoms with van der Waals surface area (Å²) in [5, 5.41) is 9.50. The highest BCUT2D eigenvalue weighted by Gasteiger charge is 2.05. The maximum absolute atomic E-state index is 13.0. The molecule has 0 fully saturated rings. The molecule has 0 bridgehead atoms. The van der Waals surface area contributed by atoms with Gasteiger partial charge in [-0.2, -0.15) is 0 Å². The highest BCUT2D eigenvalue weighted by Crippen LogP contribution is 2.29. The van der Waals surface area contributed by atoms with E-state index >= 15 is 0 Å². The second-order valence-electron chi connectivity index (χ2n) is 3.40. The maximum atomic E-state index is 13.0. The quantitative estimate of drug-likeness (QED) is 0.590. The molecule has 0 aliphatic carbocycles. The molecule has 0 spiro atoms. The molecule has 16 heavy (non-hydrogen) atoms. The van der Waals surface area contributed by atoms with E-state index in [-0.39, 0.29) is 10.8 Å². The highest BCUT2D eigenvalue weighted by atomic mass is 35.5. The van der Waals surface area contributed by atoms with Gasteiger partial charge in [0.25, 0.3) is 0 Å². The Morgan fingerprint density at radius 2 is 1.69 bits per heavy atom. The molecule has 0 aliphatic heterocycles. The maximum Gasteiger partial charge on any atom is 0.141 e. The van der Waals surface area contributed by atoms with Crippen LogP contribution in [-0.2, 0) is 0 Å². The first kappa shape index (κ1) is 10.8. The second kappa shape index (κ2) is 4.02. The second-order valence-corrected chi connectivity index (χ2v) is 3.81. The Kier molecular flexibility index (Phi) is 2.71. The standard InChI is InChI=1S/C12H9ClFNO/c13-9-5-7(1-3-10(9)14)8-2-4-11(15)12(16)6-8/h1-6,16H,15H2. The number of hydrogen-bond acceptors (Lipinski definition) is 2. The van der Waals surface area contributed by atoms with Crippen LogP contribution in [0.5, 0.6) is 5.75 Å². The first-order valence-electron chi connectivity index (χ1n) is 4.62. The van der Waals surface area contributed by atoms with Gasteiger partial charge in [0.05, 0.1) is 10.7 Å². The third-order valence-electron chi connectivity index (χ3n) is 2.28. The van der Waals surface area contributed by atoms with Gasteiger partial charge in [-0.1, -0.05) is 23.7 Å². The van der Waals surface area contributed by atoms with Gasteiger partial charge in [0, 0.05) is 0 Å². The summed E-state index contributed by atoms with van der Waals surface area (Å²) in [6.45, 7) is 0. The van der Waals surface area contributed by atoms with E-state index in [1.54, 1.807) is 18.2 Å². The number of phenolic OH excluding ortho intramolecular Hbond substituents is 1. The minimum absolute atomic E-state index is 0.00190. The first-order valence-corrected chi connectivity index (χ1v) is 4.99. The number of nitrogen functional groups attached to an aromatic ring is 1. The topological polar surface area (TPSA) is 46.2 Å². The zero-order valence-electron chi connectivity index (χ0n) is 8.24. The molecule has 2 aromatic carbocycles. The van der Waals surface area contributed by atoms with Gasteiger partial charge in [0.1, 0.15) is 11.6 Å².